The molecule has 0 aliphatic rings. The number of halogens is 4. The van der Waals surface area contributed by atoms with Gasteiger partial charge in [-0.15, -0.1) is 0 Å². The fourth-order valence-corrected chi connectivity index (χ4v) is 0.717. The highest BCUT2D eigenvalue weighted by molar-refractivity contribution is 5.81. The van der Waals surface area contributed by atoms with E-state index in [9.17, 15) is 22.4 Å². The average Bonchev–Trinajstić information content (AvgIpc) is 1.98. The zero-order valence-electron chi connectivity index (χ0n) is 7.74. The van der Waals surface area contributed by atoms with Crippen molar-refractivity contribution in [3.8, 4) is 0 Å². The van der Waals surface area contributed by atoms with Gasteiger partial charge in [-0.1, -0.05) is 0 Å². The van der Waals surface area contributed by atoms with Gasteiger partial charge in [-0.25, -0.2) is 4.39 Å². The molecule has 1 amide bonds. The van der Waals surface area contributed by atoms with Gasteiger partial charge in [0.05, 0.1) is 13.2 Å². The van der Waals surface area contributed by atoms with E-state index in [-0.39, 0.29) is 6.61 Å². The maximum absolute atomic E-state index is 13.1. The number of hydrogen-bond donors (Lipinski definition) is 1. The largest absolute Gasteiger partial charge is 0.471 e. The Kier molecular flexibility index (Phi) is 4.31. The third kappa shape index (κ3) is 5.00. The van der Waals surface area contributed by atoms with E-state index >= 15 is 0 Å². The van der Waals surface area contributed by atoms with Crippen molar-refractivity contribution in [3.05, 3.63) is 0 Å². The van der Waals surface area contributed by atoms with E-state index in [1.807, 2.05) is 0 Å². The van der Waals surface area contributed by atoms with Crippen LogP contribution in [0.5, 0.6) is 0 Å². The number of hydrogen-bond acceptors (Lipinski definition) is 2. The summed E-state index contributed by atoms with van der Waals surface area (Å²) >= 11 is 0. The predicted molar refractivity (Wildman–Crippen MR) is 40.5 cm³/mol. The van der Waals surface area contributed by atoms with Crippen LogP contribution in [0.25, 0.3) is 0 Å². The van der Waals surface area contributed by atoms with Crippen LogP contribution in [-0.2, 0) is 9.53 Å². The van der Waals surface area contributed by atoms with Gasteiger partial charge in [0.2, 0.25) is 0 Å². The fraction of sp³-hybridized carbons (Fsp3) is 0.857. The first-order valence-electron chi connectivity index (χ1n) is 3.72. The molecule has 0 saturated carbocycles. The second kappa shape index (κ2) is 4.59. The Hall–Kier alpha value is -0.850. The van der Waals surface area contributed by atoms with Crippen LogP contribution in [0, 0.1) is 0 Å². The van der Waals surface area contributed by atoms with Crippen LogP contribution < -0.4 is 5.32 Å². The smallest absolute Gasteiger partial charge is 0.381 e. The van der Waals surface area contributed by atoms with Crippen LogP contribution in [0.2, 0.25) is 0 Å². The van der Waals surface area contributed by atoms with Crippen molar-refractivity contribution >= 4 is 5.91 Å². The standard InChI is InChI=1S/C7H11F4NO2/c1-6(8,4-14-2)3-12-5(13)7(9,10)11/h3-4H2,1-2H3,(H,12,13). The lowest BCUT2D eigenvalue weighted by molar-refractivity contribution is -0.174. The van der Waals surface area contributed by atoms with E-state index in [0.29, 0.717) is 0 Å². The number of rotatable bonds is 4. The molecule has 0 spiro atoms. The van der Waals surface area contributed by atoms with E-state index in [2.05, 4.69) is 4.74 Å². The van der Waals surface area contributed by atoms with Gasteiger partial charge < -0.3 is 10.1 Å². The molecule has 7 heteroatoms. The number of ether oxygens (including phenoxy) is 1. The summed E-state index contributed by atoms with van der Waals surface area (Å²) in [6.07, 6.45) is -4.98. The minimum absolute atomic E-state index is 0.384. The molecule has 0 fully saturated rings. The molecular formula is C7H11F4NO2. The first-order chi connectivity index (χ1) is 6.19. The van der Waals surface area contributed by atoms with Gasteiger partial charge in [-0.05, 0) is 6.92 Å². The van der Waals surface area contributed by atoms with Gasteiger partial charge in [0.1, 0.15) is 5.67 Å². The van der Waals surface area contributed by atoms with Crippen LogP contribution >= 0.6 is 0 Å². The Morgan fingerprint density at radius 1 is 1.36 bits per heavy atom. The van der Waals surface area contributed by atoms with E-state index in [4.69, 9.17) is 0 Å². The molecule has 1 unspecified atom stereocenters. The monoisotopic (exact) mass is 217 g/mol. The maximum atomic E-state index is 13.1. The van der Waals surface area contributed by atoms with E-state index in [0.717, 1.165) is 6.92 Å². The van der Waals surface area contributed by atoms with Crippen molar-refractivity contribution in [1.82, 2.24) is 5.32 Å². The van der Waals surface area contributed by atoms with Gasteiger partial charge in [0, 0.05) is 7.11 Å². The highest BCUT2D eigenvalue weighted by Crippen LogP contribution is 2.15. The minimum Gasteiger partial charge on any atom is -0.381 e. The summed E-state index contributed by atoms with van der Waals surface area (Å²) < 4.78 is 52.5. The zero-order chi connectivity index (χ0) is 11.4. The molecule has 0 aromatic heterocycles. The summed E-state index contributed by atoms with van der Waals surface area (Å²) in [7, 11) is 1.21. The quantitative estimate of drug-likeness (QED) is 0.714. The molecule has 3 nitrogen and oxygen atoms in total. The number of carbonyl (C=O) groups is 1. The Morgan fingerprint density at radius 2 is 1.86 bits per heavy atom. The van der Waals surface area contributed by atoms with Crippen molar-refractivity contribution in [2.24, 2.45) is 0 Å². The predicted octanol–water partition coefficient (Wildman–Crippen LogP) is 1.04. The third-order valence-corrected chi connectivity index (χ3v) is 1.32. The summed E-state index contributed by atoms with van der Waals surface area (Å²) in [5.41, 5.74) is -2.00. The Bertz CT molecular complexity index is 202. The van der Waals surface area contributed by atoms with Crippen LogP contribution in [0.3, 0.4) is 0 Å². The molecule has 0 rings (SSSR count). The number of alkyl halides is 4. The maximum Gasteiger partial charge on any atom is 0.471 e. The molecule has 0 heterocycles. The van der Waals surface area contributed by atoms with Crippen LogP contribution in [0.1, 0.15) is 6.92 Å². The van der Waals surface area contributed by atoms with E-state index in [1.165, 1.54) is 12.4 Å². The van der Waals surface area contributed by atoms with Crippen molar-refractivity contribution in [2.75, 3.05) is 20.3 Å². The second-order valence-corrected chi connectivity index (χ2v) is 3.03. The molecule has 1 N–H and O–H groups in total. The topological polar surface area (TPSA) is 38.3 Å². The number of carbonyl (C=O) groups excluding carboxylic acids is 1. The first-order valence-corrected chi connectivity index (χ1v) is 3.72. The van der Waals surface area contributed by atoms with Crippen molar-refractivity contribution in [1.29, 1.82) is 0 Å². The van der Waals surface area contributed by atoms with Crippen molar-refractivity contribution < 1.29 is 27.1 Å². The Balaban J connectivity index is 4.00. The number of amides is 1. The SMILES string of the molecule is COCC(C)(F)CNC(=O)C(F)(F)F. The van der Waals surface area contributed by atoms with Crippen LogP contribution in [0.15, 0.2) is 0 Å². The van der Waals surface area contributed by atoms with Gasteiger partial charge in [-0.2, -0.15) is 13.2 Å². The first kappa shape index (κ1) is 13.2. The molecule has 0 saturated heterocycles. The molecule has 0 aliphatic heterocycles. The molecular weight excluding hydrogens is 206 g/mol. The average molecular weight is 217 g/mol. The normalized spacial score (nSPS) is 16.1. The highest BCUT2D eigenvalue weighted by atomic mass is 19.4. The molecule has 84 valence electrons. The van der Waals surface area contributed by atoms with E-state index in [1.54, 1.807) is 0 Å². The number of nitrogens with one attached hydrogen (secondary N) is 1. The van der Waals surface area contributed by atoms with Gasteiger partial charge in [-0.3, -0.25) is 4.79 Å². The molecule has 1 atom stereocenters. The zero-order valence-corrected chi connectivity index (χ0v) is 7.74. The van der Waals surface area contributed by atoms with E-state index < -0.39 is 24.3 Å². The summed E-state index contributed by atoms with van der Waals surface area (Å²) in [6.45, 7) is -0.0858. The van der Waals surface area contributed by atoms with Gasteiger partial charge in [0.25, 0.3) is 0 Å². The Morgan fingerprint density at radius 3 is 2.21 bits per heavy atom. The van der Waals surface area contributed by atoms with Crippen molar-refractivity contribution in [2.45, 2.75) is 18.8 Å². The van der Waals surface area contributed by atoms with Gasteiger partial charge >= 0.3 is 12.1 Å². The molecule has 0 radical (unpaired) electrons. The van der Waals surface area contributed by atoms with Crippen LogP contribution in [0.4, 0.5) is 17.6 Å². The van der Waals surface area contributed by atoms with Gasteiger partial charge in [0.15, 0.2) is 0 Å². The number of methoxy groups -OCH3 is 1. The summed E-state index contributed by atoms with van der Waals surface area (Å²) in [5.74, 6) is -2.16. The molecule has 14 heavy (non-hydrogen) atoms. The lowest BCUT2D eigenvalue weighted by atomic mass is 10.1. The molecule has 0 aromatic rings. The summed E-state index contributed by atoms with van der Waals surface area (Å²) in [5, 5.41) is 1.43. The molecule has 0 aromatic carbocycles. The highest BCUT2D eigenvalue weighted by Gasteiger charge is 2.39. The minimum atomic E-state index is -4.98. The fourth-order valence-electron chi connectivity index (χ4n) is 0.717. The summed E-state index contributed by atoms with van der Waals surface area (Å²) in [4.78, 5) is 10.3. The lowest BCUT2D eigenvalue weighted by Gasteiger charge is -2.19. The second-order valence-electron chi connectivity index (χ2n) is 3.03. The van der Waals surface area contributed by atoms with Crippen molar-refractivity contribution in [3.63, 3.8) is 0 Å². The lowest BCUT2D eigenvalue weighted by Crippen LogP contribution is -2.45. The Labute approximate surface area is 78.4 Å². The third-order valence-electron chi connectivity index (χ3n) is 1.32. The summed E-state index contributed by atoms with van der Waals surface area (Å²) in [6, 6.07) is 0. The van der Waals surface area contributed by atoms with Crippen LogP contribution in [-0.4, -0.2) is 38.0 Å². The molecule has 0 bridgehead atoms. The molecule has 0 aliphatic carbocycles.